The zero-order valence-electron chi connectivity index (χ0n) is 20.6. The number of carbonyl (C=O) groups is 3. The van der Waals surface area contributed by atoms with Gasteiger partial charge in [-0.2, -0.15) is 0 Å². The molecule has 0 radical (unpaired) electrons. The maximum Gasteiger partial charge on any atom is 0.311 e. The van der Waals surface area contributed by atoms with Crippen molar-refractivity contribution in [3.63, 3.8) is 0 Å². The summed E-state index contributed by atoms with van der Waals surface area (Å²) in [6, 6.07) is 0. The molecule has 1 saturated heterocycles. The summed E-state index contributed by atoms with van der Waals surface area (Å²) in [5, 5.41) is 0. The van der Waals surface area contributed by atoms with Crippen molar-refractivity contribution in [1.82, 2.24) is 0 Å². The van der Waals surface area contributed by atoms with Crippen molar-refractivity contribution < 1.29 is 38.1 Å². The second kappa shape index (κ2) is 10.8. The molecule has 1 heterocycles. The van der Waals surface area contributed by atoms with E-state index in [1.807, 2.05) is 13.8 Å². The Morgan fingerprint density at radius 2 is 1.35 bits per heavy atom. The van der Waals surface area contributed by atoms with E-state index in [1.165, 1.54) is 7.11 Å². The lowest BCUT2D eigenvalue weighted by atomic mass is 9.94. The van der Waals surface area contributed by atoms with Crippen LogP contribution in [0.2, 0.25) is 0 Å². The van der Waals surface area contributed by atoms with Gasteiger partial charge in [0.15, 0.2) is 24.6 Å². The maximum absolute atomic E-state index is 12.7. The largest absolute Gasteiger partial charge is 0.455 e. The third-order valence-corrected chi connectivity index (χ3v) is 5.15. The van der Waals surface area contributed by atoms with E-state index < -0.39 is 59.4 Å². The summed E-state index contributed by atoms with van der Waals surface area (Å²) >= 11 is 0. The Hall–Kier alpha value is -1.67. The van der Waals surface area contributed by atoms with Crippen LogP contribution in [0, 0.1) is 16.7 Å². The molecule has 1 rings (SSSR count). The lowest BCUT2D eigenvalue weighted by Gasteiger charge is -2.44. The van der Waals surface area contributed by atoms with Gasteiger partial charge in [0.25, 0.3) is 0 Å². The monoisotopic (exact) mass is 444 g/mol. The van der Waals surface area contributed by atoms with Crippen LogP contribution in [0.25, 0.3) is 0 Å². The molecule has 0 saturated carbocycles. The SMILES string of the molecule is CC[C@H](C)CC(=O)O[C@H]1[C@H](OC(=O)C(C)(C)C)[C@@H](OC(=O)C(C)(C)C)[C@@H](OC)O[C@@H]1C. The fourth-order valence-electron chi connectivity index (χ4n) is 2.81. The molecule has 0 aromatic carbocycles. The van der Waals surface area contributed by atoms with Gasteiger partial charge in [0.1, 0.15) is 0 Å². The van der Waals surface area contributed by atoms with E-state index in [0.717, 1.165) is 6.42 Å². The van der Waals surface area contributed by atoms with Crippen molar-refractivity contribution in [1.29, 1.82) is 0 Å². The average Bonchev–Trinajstić information content (AvgIpc) is 2.64. The Labute approximate surface area is 186 Å². The van der Waals surface area contributed by atoms with Crippen molar-refractivity contribution in [2.24, 2.45) is 16.7 Å². The molecular formula is C23H40O8. The van der Waals surface area contributed by atoms with Crippen LogP contribution >= 0.6 is 0 Å². The van der Waals surface area contributed by atoms with Gasteiger partial charge in [0.2, 0.25) is 0 Å². The zero-order chi connectivity index (χ0) is 24.1. The average molecular weight is 445 g/mol. The summed E-state index contributed by atoms with van der Waals surface area (Å²) in [6.07, 6.45) is -3.71. The maximum atomic E-state index is 12.7. The Bertz CT molecular complexity index is 630. The molecule has 0 aliphatic carbocycles. The first-order chi connectivity index (χ1) is 14.1. The van der Waals surface area contributed by atoms with Crippen molar-refractivity contribution >= 4 is 17.9 Å². The first-order valence-corrected chi connectivity index (χ1v) is 10.9. The third-order valence-electron chi connectivity index (χ3n) is 5.15. The minimum atomic E-state index is -1.10. The minimum Gasteiger partial charge on any atom is -0.455 e. The molecule has 0 aromatic heterocycles. The normalized spacial score (nSPS) is 27.9. The lowest BCUT2D eigenvalue weighted by molar-refractivity contribution is -0.298. The van der Waals surface area contributed by atoms with E-state index in [-0.39, 0.29) is 12.3 Å². The van der Waals surface area contributed by atoms with Crippen LogP contribution in [-0.2, 0) is 38.1 Å². The van der Waals surface area contributed by atoms with E-state index in [9.17, 15) is 14.4 Å². The zero-order valence-corrected chi connectivity index (χ0v) is 20.6. The number of methoxy groups -OCH3 is 1. The molecule has 31 heavy (non-hydrogen) atoms. The molecule has 1 aliphatic rings. The molecule has 8 heteroatoms. The number of esters is 3. The molecule has 0 spiro atoms. The first-order valence-electron chi connectivity index (χ1n) is 10.9. The predicted molar refractivity (Wildman–Crippen MR) is 114 cm³/mol. The number of rotatable bonds is 7. The Kier molecular flexibility index (Phi) is 9.50. The van der Waals surface area contributed by atoms with Crippen molar-refractivity contribution in [3.8, 4) is 0 Å². The predicted octanol–water partition coefficient (Wildman–Crippen LogP) is 3.64. The molecule has 0 N–H and O–H groups in total. The van der Waals surface area contributed by atoms with E-state index >= 15 is 0 Å². The smallest absolute Gasteiger partial charge is 0.311 e. The van der Waals surface area contributed by atoms with Gasteiger partial charge >= 0.3 is 17.9 Å². The van der Waals surface area contributed by atoms with Gasteiger partial charge in [-0.05, 0) is 54.4 Å². The van der Waals surface area contributed by atoms with Crippen LogP contribution in [0.1, 0.15) is 75.2 Å². The first kappa shape index (κ1) is 27.4. The highest BCUT2D eigenvalue weighted by Crippen LogP contribution is 2.32. The quantitative estimate of drug-likeness (QED) is 0.434. The van der Waals surface area contributed by atoms with Gasteiger partial charge in [0, 0.05) is 13.5 Å². The van der Waals surface area contributed by atoms with Gasteiger partial charge in [0.05, 0.1) is 16.9 Å². The van der Waals surface area contributed by atoms with Crippen molar-refractivity contribution in [2.45, 2.75) is 106 Å². The highest BCUT2D eigenvalue weighted by molar-refractivity contribution is 5.77. The van der Waals surface area contributed by atoms with Gasteiger partial charge in [-0.3, -0.25) is 14.4 Å². The topological polar surface area (TPSA) is 97.4 Å². The molecule has 0 amide bonds. The summed E-state index contributed by atoms with van der Waals surface area (Å²) in [5.74, 6) is -1.31. The van der Waals surface area contributed by atoms with Crippen LogP contribution in [-0.4, -0.2) is 55.7 Å². The van der Waals surface area contributed by atoms with E-state index in [4.69, 9.17) is 23.7 Å². The fraction of sp³-hybridized carbons (Fsp3) is 0.870. The van der Waals surface area contributed by atoms with Gasteiger partial charge in [-0.15, -0.1) is 0 Å². The molecule has 1 fully saturated rings. The second-order valence-electron chi connectivity index (χ2n) is 10.4. The highest BCUT2D eigenvalue weighted by Gasteiger charge is 2.52. The second-order valence-corrected chi connectivity index (χ2v) is 10.4. The van der Waals surface area contributed by atoms with Crippen molar-refractivity contribution in [3.05, 3.63) is 0 Å². The fourth-order valence-corrected chi connectivity index (χ4v) is 2.81. The van der Waals surface area contributed by atoms with E-state index in [2.05, 4.69) is 0 Å². The van der Waals surface area contributed by atoms with Gasteiger partial charge < -0.3 is 23.7 Å². The van der Waals surface area contributed by atoms with Gasteiger partial charge in [-0.25, -0.2) is 0 Å². The van der Waals surface area contributed by atoms with Crippen molar-refractivity contribution in [2.75, 3.05) is 7.11 Å². The standard InChI is InChI=1S/C23H40O8/c1-11-13(2)12-15(24)29-16-14(3)28-19(27-10)18(31-21(26)23(7,8)9)17(16)30-20(25)22(4,5)6/h13-14,16-19H,11-12H2,1-10H3/t13-,14+,16+,17-,18+,19-/m0/s1. The molecule has 0 aromatic rings. The Balaban J connectivity index is 3.28. The molecular weight excluding hydrogens is 404 g/mol. The van der Waals surface area contributed by atoms with E-state index in [1.54, 1.807) is 48.5 Å². The number of hydrogen-bond acceptors (Lipinski definition) is 8. The Morgan fingerprint density at radius 1 is 0.871 bits per heavy atom. The summed E-state index contributed by atoms with van der Waals surface area (Å²) < 4.78 is 28.4. The summed E-state index contributed by atoms with van der Waals surface area (Å²) in [7, 11) is 1.41. The van der Waals surface area contributed by atoms with Crippen LogP contribution in [0.5, 0.6) is 0 Å². The van der Waals surface area contributed by atoms with E-state index in [0.29, 0.717) is 0 Å². The highest BCUT2D eigenvalue weighted by atomic mass is 16.7. The minimum absolute atomic E-state index is 0.143. The van der Waals surface area contributed by atoms with Gasteiger partial charge in [-0.1, -0.05) is 20.3 Å². The molecule has 8 nitrogen and oxygen atoms in total. The summed E-state index contributed by atoms with van der Waals surface area (Å²) in [5.41, 5.74) is -1.61. The number of carbonyl (C=O) groups excluding carboxylic acids is 3. The molecule has 1 aliphatic heterocycles. The summed E-state index contributed by atoms with van der Waals surface area (Å²) in [6.45, 7) is 15.9. The Morgan fingerprint density at radius 3 is 1.77 bits per heavy atom. The lowest BCUT2D eigenvalue weighted by Crippen LogP contribution is -2.62. The third kappa shape index (κ3) is 7.75. The molecule has 0 unspecified atom stereocenters. The summed E-state index contributed by atoms with van der Waals surface area (Å²) in [4.78, 5) is 37.9. The van der Waals surface area contributed by atoms with Crippen LogP contribution < -0.4 is 0 Å². The number of ether oxygens (including phenoxy) is 5. The molecule has 0 bridgehead atoms. The molecule has 180 valence electrons. The van der Waals surface area contributed by atoms with Crippen LogP contribution in [0.4, 0.5) is 0 Å². The van der Waals surface area contributed by atoms with Crippen LogP contribution in [0.3, 0.4) is 0 Å². The number of hydrogen-bond donors (Lipinski definition) is 0. The van der Waals surface area contributed by atoms with Crippen LogP contribution in [0.15, 0.2) is 0 Å². The molecule has 6 atom stereocenters.